The highest BCUT2D eigenvalue weighted by Crippen LogP contribution is 2.27. The molecule has 16 heavy (non-hydrogen) atoms. The van der Waals surface area contributed by atoms with Crippen molar-refractivity contribution >= 4 is 0 Å². The van der Waals surface area contributed by atoms with Gasteiger partial charge < -0.3 is 5.32 Å². The second-order valence-corrected chi connectivity index (χ2v) is 5.48. The van der Waals surface area contributed by atoms with Crippen LogP contribution in [0, 0.1) is 11.8 Å². The second-order valence-electron chi connectivity index (χ2n) is 5.48. The monoisotopic (exact) mass is 223 g/mol. The van der Waals surface area contributed by atoms with Crippen molar-refractivity contribution in [3.8, 4) is 0 Å². The molecule has 0 bridgehead atoms. The minimum absolute atomic E-state index is 0.955. The van der Waals surface area contributed by atoms with E-state index < -0.39 is 0 Å². The van der Waals surface area contributed by atoms with Gasteiger partial charge >= 0.3 is 0 Å². The second kappa shape index (κ2) is 8.81. The van der Waals surface area contributed by atoms with Gasteiger partial charge in [0, 0.05) is 0 Å². The Bertz CT molecular complexity index is 176. The summed E-state index contributed by atoms with van der Waals surface area (Å²) in [6, 6.07) is 0. The smallest absolute Gasteiger partial charge is 0.00204 e. The SMILES string of the molecule is C=CCCCCCNCC1CCCC(C)C1. The summed E-state index contributed by atoms with van der Waals surface area (Å²) in [5, 5.41) is 3.63. The molecule has 1 fully saturated rings. The molecule has 0 aromatic rings. The highest BCUT2D eigenvalue weighted by Gasteiger charge is 2.17. The van der Waals surface area contributed by atoms with Crippen LogP contribution >= 0.6 is 0 Å². The van der Waals surface area contributed by atoms with E-state index in [0.29, 0.717) is 0 Å². The van der Waals surface area contributed by atoms with E-state index in [1.807, 2.05) is 6.08 Å². The third-order valence-electron chi connectivity index (χ3n) is 3.74. The predicted molar refractivity (Wildman–Crippen MR) is 72.7 cm³/mol. The largest absolute Gasteiger partial charge is 0.316 e. The van der Waals surface area contributed by atoms with Crippen molar-refractivity contribution in [2.24, 2.45) is 11.8 Å². The van der Waals surface area contributed by atoms with Gasteiger partial charge in [-0.1, -0.05) is 32.3 Å². The van der Waals surface area contributed by atoms with Gasteiger partial charge in [0.2, 0.25) is 0 Å². The van der Waals surface area contributed by atoms with Gasteiger partial charge in [-0.05, 0) is 57.0 Å². The number of nitrogens with one attached hydrogen (secondary N) is 1. The molecule has 0 aromatic heterocycles. The maximum absolute atomic E-state index is 3.75. The first-order chi connectivity index (χ1) is 7.83. The predicted octanol–water partition coefficient (Wildman–Crippen LogP) is 4.15. The van der Waals surface area contributed by atoms with E-state index in [1.54, 1.807) is 0 Å². The van der Waals surface area contributed by atoms with Gasteiger partial charge in [0.15, 0.2) is 0 Å². The molecule has 0 heterocycles. The average molecular weight is 223 g/mol. The number of allylic oxidation sites excluding steroid dienone is 1. The van der Waals surface area contributed by atoms with Crippen molar-refractivity contribution in [2.75, 3.05) is 13.1 Å². The Morgan fingerprint density at radius 2 is 2.12 bits per heavy atom. The first-order valence-electron chi connectivity index (χ1n) is 7.14. The van der Waals surface area contributed by atoms with Crippen LogP contribution in [0.3, 0.4) is 0 Å². The maximum atomic E-state index is 3.75. The summed E-state index contributed by atoms with van der Waals surface area (Å²) < 4.78 is 0. The Labute approximate surface area is 102 Å². The average Bonchev–Trinajstić information content (AvgIpc) is 2.28. The first kappa shape index (κ1) is 13.8. The van der Waals surface area contributed by atoms with Crippen molar-refractivity contribution in [3.63, 3.8) is 0 Å². The molecule has 2 atom stereocenters. The molecule has 0 spiro atoms. The quantitative estimate of drug-likeness (QED) is 0.481. The van der Waals surface area contributed by atoms with Gasteiger partial charge in [-0.2, -0.15) is 0 Å². The molecule has 1 nitrogen and oxygen atoms in total. The lowest BCUT2D eigenvalue weighted by Crippen LogP contribution is -2.27. The number of hydrogen-bond acceptors (Lipinski definition) is 1. The molecule has 1 aliphatic carbocycles. The van der Waals surface area contributed by atoms with Crippen molar-refractivity contribution in [3.05, 3.63) is 12.7 Å². The van der Waals surface area contributed by atoms with Crippen LogP contribution in [0.15, 0.2) is 12.7 Å². The Hall–Kier alpha value is -0.300. The highest BCUT2D eigenvalue weighted by atomic mass is 14.9. The molecule has 1 N–H and O–H groups in total. The van der Waals surface area contributed by atoms with Gasteiger partial charge in [-0.25, -0.2) is 0 Å². The highest BCUT2D eigenvalue weighted by molar-refractivity contribution is 4.72. The Kier molecular flexibility index (Phi) is 7.58. The fourth-order valence-electron chi connectivity index (χ4n) is 2.77. The summed E-state index contributed by atoms with van der Waals surface area (Å²) in [5.74, 6) is 1.92. The van der Waals surface area contributed by atoms with Crippen molar-refractivity contribution in [1.29, 1.82) is 0 Å². The lowest BCUT2D eigenvalue weighted by atomic mass is 9.82. The first-order valence-corrected chi connectivity index (χ1v) is 7.14. The fraction of sp³-hybridized carbons (Fsp3) is 0.867. The van der Waals surface area contributed by atoms with Gasteiger partial charge in [0.05, 0.1) is 0 Å². The topological polar surface area (TPSA) is 12.0 Å². The van der Waals surface area contributed by atoms with E-state index in [1.165, 1.54) is 64.5 Å². The molecular formula is C15H29N. The van der Waals surface area contributed by atoms with Crippen molar-refractivity contribution < 1.29 is 0 Å². The molecule has 0 aromatic carbocycles. The molecule has 0 amide bonds. The summed E-state index contributed by atoms with van der Waals surface area (Å²) in [6.07, 6.45) is 13.0. The lowest BCUT2D eigenvalue weighted by Gasteiger charge is -2.26. The minimum atomic E-state index is 0.955. The Balaban J connectivity index is 1.88. The molecule has 0 aliphatic heterocycles. The molecular weight excluding hydrogens is 194 g/mol. The van der Waals surface area contributed by atoms with Crippen LogP contribution in [-0.2, 0) is 0 Å². The zero-order valence-electron chi connectivity index (χ0n) is 11.0. The van der Waals surface area contributed by atoms with Gasteiger partial charge in [-0.3, -0.25) is 0 Å². The van der Waals surface area contributed by atoms with Gasteiger partial charge in [0.25, 0.3) is 0 Å². The standard InChI is InChI=1S/C15H29N/c1-3-4-5-6-7-11-16-13-15-10-8-9-14(2)12-15/h3,14-16H,1,4-13H2,2H3. The Morgan fingerprint density at radius 3 is 2.88 bits per heavy atom. The maximum Gasteiger partial charge on any atom is -0.00204 e. The zero-order valence-corrected chi connectivity index (χ0v) is 11.0. The van der Waals surface area contributed by atoms with E-state index >= 15 is 0 Å². The van der Waals surface area contributed by atoms with Gasteiger partial charge in [0.1, 0.15) is 0 Å². The molecule has 0 radical (unpaired) electrons. The lowest BCUT2D eigenvalue weighted by molar-refractivity contribution is 0.274. The van der Waals surface area contributed by atoms with E-state index in [-0.39, 0.29) is 0 Å². The van der Waals surface area contributed by atoms with Crippen molar-refractivity contribution in [1.82, 2.24) is 5.32 Å². The molecule has 1 aliphatic rings. The van der Waals surface area contributed by atoms with E-state index in [4.69, 9.17) is 0 Å². The zero-order chi connectivity index (χ0) is 11.6. The molecule has 1 rings (SSSR count). The third kappa shape index (κ3) is 6.32. The van der Waals surface area contributed by atoms with Crippen LogP contribution < -0.4 is 5.32 Å². The Morgan fingerprint density at radius 1 is 1.25 bits per heavy atom. The normalized spacial score (nSPS) is 25.6. The molecule has 0 saturated heterocycles. The molecule has 1 saturated carbocycles. The molecule has 94 valence electrons. The van der Waals surface area contributed by atoms with Crippen LogP contribution in [0.5, 0.6) is 0 Å². The fourth-order valence-corrected chi connectivity index (χ4v) is 2.77. The van der Waals surface area contributed by atoms with E-state index in [0.717, 1.165) is 11.8 Å². The molecule has 1 heteroatoms. The van der Waals surface area contributed by atoms with E-state index in [9.17, 15) is 0 Å². The number of rotatable bonds is 8. The molecule has 2 unspecified atom stereocenters. The van der Waals surface area contributed by atoms with Crippen molar-refractivity contribution in [2.45, 2.75) is 58.3 Å². The van der Waals surface area contributed by atoms with Gasteiger partial charge in [-0.15, -0.1) is 6.58 Å². The van der Waals surface area contributed by atoms with Crippen LogP contribution in [0.4, 0.5) is 0 Å². The summed E-state index contributed by atoms with van der Waals surface area (Å²) in [6.45, 7) is 8.62. The number of unbranched alkanes of at least 4 members (excludes halogenated alkanes) is 3. The van der Waals surface area contributed by atoms with Crippen LogP contribution in [0.2, 0.25) is 0 Å². The summed E-state index contributed by atoms with van der Waals surface area (Å²) in [5.41, 5.74) is 0. The summed E-state index contributed by atoms with van der Waals surface area (Å²) in [7, 11) is 0. The minimum Gasteiger partial charge on any atom is -0.316 e. The van der Waals surface area contributed by atoms with Crippen LogP contribution in [-0.4, -0.2) is 13.1 Å². The number of hydrogen-bond donors (Lipinski definition) is 1. The van der Waals surface area contributed by atoms with E-state index in [2.05, 4.69) is 18.8 Å². The van der Waals surface area contributed by atoms with Crippen LogP contribution in [0.25, 0.3) is 0 Å². The third-order valence-corrected chi connectivity index (χ3v) is 3.74. The van der Waals surface area contributed by atoms with Crippen LogP contribution in [0.1, 0.15) is 58.3 Å². The summed E-state index contributed by atoms with van der Waals surface area (Å²) in [4.78, 5) is 0. The summed E-state index contributed by atoms with van der Waals surface area (Å²) >= 11 is 0.